The number of anilines is 1. The molecule has 0 aliphatic rings. The van der Waals surface area contributed by atoms with E-state index < -0.39 is 12.1 Å². The maximum atomic E-state index is 13.1. The number of nitrogens with one attached hydrogen (secondary N) is 2. The quantitative estimate of drug-likeness (QED) is 0.723. The SMILES string of the molecule is Cc1cc(NC(=O)NCC(O)COCC(C)C)ccc1F. The molecule has 6 heteroatoms. The largest absolute Gasteiger partial charge is 0.389 e. The lowest BCUT2D eigenvalue weighted by Gasteiger charge is -2.14. The van der Waals surface area contributed by atoms with Crippen molar-refractivity contribution >= 4 is 11.7 Å². The number of halogens is 1. The Kier molecular flexibility index (Phi) is 7.11. The third-order valence-electron chi connectivity index (χ3n) is 2.68. The predicted molar refractivity (Wildman–Crippen MR) is 79.8 cm³/mol. The molecule has 0 saturated carbocycles. The zero-order chi connectivity index (χ0) is 15.8. The van der Waals surface area contributed by atoms with Gasteiger partial charge in [-0.3, -0.25) is 0 Å². The van der Waals surface area contributed by atoms with E-state index in [-0.39, 0.29) is 19.0 Å². The molecule has 21 heavy (non-hydrogen) atoms. The molecule has 2 amide bonds. The van der Waals surface area contributed by atoms with E-state index in [0.717, 1.165) is 0 Å². The Labute approximate surface area is 124 Å². The average Bonchev–Trinajstić information content (AvgIpc) is 2.40. The van der Waals surface area contributed by atoms with Crippen LogP contribution in [0, 0.1) is 18.7 Å². The number of carbonyl (C=O) groups excluding carboxylic acids is 1. The van der Waals surface area contributed by atoms with E-state index in [1.165, 1.54) is 18.2 Å². The Morgan fingerprint density at radius 1 is 1.38 bits per heavy atom. The van der Waals surface area contributed by atoms with Crippen molar-refractivity contribution < 1.29 is 19.0 Å². The average molecular weight is 298 g/mol. The third-order valence-corrected chi connectivity index (χ3v) is 2.68. The van der Waals surface area contributed by atoms with Crippen LogP contribution in [0.1, 0.15) is 19.4 Å². The number of ether oxygens (including phenoxy) is 1. The van der Waals surface area contributed by atoms with E-state index in [9.17, 15) is 14.3 Å². The molecule has 118 valence electrons. The number of hydrogen-bond acceptors (Lipinski definition) is 3. The number of amides is 2. The lowest BCUT2D eigenvalue weighted by atomic mass is 10.2. The Morgan fingerprint density at radius 3 is 2.71 bits per heavy atom. The minimum Gasteiger partial charge on any atom is -0.389 e. The molecule has 0 spiro atoms. The summed E-state index contributed by atoms with van der Waals surface area (Å²) in [6, 6.07) is 3.85. The topological polar surface area (TPSA) is 70.6 Å². The third kappa shape index (κ3) is 7.06. The summed E-state index contributed by atoms with van der Waals surface area (Å²) in [5.74, 6) is 0.0776. The number of aryl methyl sites for hydroxylation is 1. The second kappa shape index (κ2) is 8.59. The molecule has 1 unspecified atom stereocenters. The van der Waals surface area contributed by atoms with Gasteiger partial charge in [-0.25, -0.2) is 9.18 Å². The standard InChI is InChI=1S/C15H23FN2O3/c1-10(2)8-21-9-13(19)7-17-15(20)18-12-4-5-14(16)11(3)6-12/h4-6,10,13,19H,7-9H2,1-3H3,(H2,17,18,20). The van der Waals surface area contributed by atoms with Crippen LogP contribution in [-0.2, 0) is 4.74 Å². The van der Waals surface area contributed by atoms with Gasteiger partial charge in [-0.15, -0.1) is 0 Å². The number of rotatable bonds is 7. The molecular weight excluding hydrogens is 275 g/mol. The Morgan fingerprint density at radius 2 is 2.10 bits per heavy atom. The van der Waals surface area contributed by atoms with E-state index in [1.807, 2.05) is 13.8 Å². The van der Waals surface area contributed by atoms with E-state index >= 15 is 0 Å². The summed E-state index contributed by atoms with van der Waals surface area (Å²) in [5, 5.41) is 14.7. The highest BCUT2D eigenvalue weighted by Crippen LogP contribution is 2.13. The predicted octanol–water partition coefficient (Wildman–Crippen LogP) is 2.29. The van der Waals surface area contributed by atoms with Crippen molar-refractivity contribution in [1.29, 1.82) is 0 Å². The number of urea groups is 1. The molecule has 0 bridgehead atoms. The van der Waals surface area contributed by atoms with Gasteiger partial charge in [-0.2, -0.15) is 0 Å². The first-order valence-electron chi connectivity index (χ1n) is 6.95. The number of carbonyl (C=O) groups is 1. The van der Waals surface area contributed by atoms with Gasteiger partial charge in [0.2, 0.25) is 0 Å². The summed E-state index contributed by atoms with van der Waals surface area (Å²) in [6.45, 7) is 6.48. The maximum Gasteiger partial charge on any atom is 0.319 e. The van der Waals surface area contributed by atoms with E-state index in [0.29, 0.717) is 23.8 Å². The molecule has 0 aromatic heterocycles. The lowest BCUT2D eigenvalue weighted by molar-refractivity contribution is 0.0274. The minimum absolute atomic E-state index is 0.0874. The summed E-state index contributed by atoms with van der Waals surface area (Å²) in [5.41, 5.74) is 0.951. The molecule has 0 radical (unpaired) electrons. The summed E-state index contributed by atoms with van der Waals surface area (Å²) in [4.78, 5) is 11.6. The molecule has 0 heterocycles. The first-order valence-corrected chi connectivity index (χ1v) is 6.95. The highest BCUT2D eigenvalue weighted by Gasteiger charge is 2.08. The van der Waals surface area contributed by atoms with Gasteiger partial charge in [0.25, 0.3) is 0 Å². The normalized spacial score (nSPS) is 12.3. The van der Waals surface area contributed by atoms with E-state index in [2.05, 4.69) is 10.6 Å². The van der Waals surface area contributed by atoms with E-state index in [4.69, 9.17) is 4.74 Å². The van der Waals surface area contributed by atoms with Crippen molar-refractivity contribution in [2.24, 2.45) is 5.92 Å². The van der Waals surface area contributed by atoms with Gasteiger partial charge in [0.05, 0.1) is 12.7 Å². The van der Waals surface area contributed by atoms with Crippen molar-refractivity contribution in [2.45, 2.75) is 26.9 Å². The van der Waals surface area contributed by atoms with Gasteiger partial charge in [0.15, 0.2) is 0 Å². The smallest absolute Gasteiger partial charge is 0.319 e. The molecule has 1 rings (SSSR count). The molecule has 1 atom stereocenters. The summed E-state index contributed by atoms with van der Waals surface area (Å²) < 4.78 is 18.4. The van der Waals surface area contributed by atoms with Crippen LogP contribution in [0.25, 0.3) is 0 Å². The summed E-state index contributed by atoms with van der Waals surface area (Å²) in [7, 11) is 0. The molecule has 5 nitrogen and oxygen atoms in total. The van der Waals surface area contributed by atoms with Gasteiger partial charge in [0, 0.05) is 18.8 Å². The molecule has 1 aromatic rings. The van der Waals surface area contributed by atoms with Crippen molar-refractivity contribution in [3.63, 3.8) is 0 Å². The number of aliphatic hydroxyl groups excluding tert-OH is 1. The van der Waals surface area contributed by atoms with Crippen LogP contribution in [0.15, 0.2) is 18.2 Å². The molecule has 0 saturated heterocycles. The van der Waals surface area contributed by atoms with Gasteiger partial charge >= 0.3 is 6.03 Å². The Hall–Kier alpha value is -1.66. The Bertz CT molecular complexity index is 466. The second-order valence-corrected chi connectivity index (χ2v) is 5.38. The zero-order valence-electron chi connectivity index (χ0n) is 12.6. The first kappa shape index (κ1) is 17.4. The summed E-state index contributed by atoms with van der Waals surface area (Å²) >= 11 is 0. The number of aliphatic hydroxyl groups is 1. The fourth-order valence-electron chi connectivity index (χ4n) is 1.61. The van der Waals surface area contributed by atoms with Crippen molar-refractivity contribution in [3.05, 3.63) is 29.6 Å². The minimum atomic E-state index is -0.760. The van der Waals surface area contributed by atoms with Crippen LogP contribution >= 0.6 is 0 Å². The zero-order valence-corrected chi connectivity index (χ0v) is 12.6. The highest BCUT2D eigenvalue weighted by atomic mass is 19.1. The van der Waals surface area contributed by atoms with Gasteiger partial charge < -0.3 is 20.5 Å². The van der Waals surface area contributed by atoms with Crippen molar-refractivity contribution in [3.8, 4) is 0 Å². The van der Waals surface area contributed by atoms with Crippen LogP contribution in [0.2, 0.25) is 0 Å². The Balaban J connectivity index is 2.28. The molecule has 3 N–H and O–H groups in total. The van der Waals surface area contributed by atoms with Crippen LogP contribution in [0.3, 0.4) is 0 Å². The fourth-order valence-corrected chi connectivity index (χ4v) is 1.61. The molecule has 1 aromatic carbocycles. The van der Waals surface area contributed by atoms with E-state index in [1.54, 1.807) is 6.92 Å². The lowest BCUT2D eigenvalue weighted by Crippen LogP contribution is -2.37. The van der Waals surface area contributed by atoms with Crippen molar-refractivity contribution in [2.75, 3.05) is 25.1 Å². The second-order valence-electron chi connectivity index (χ2n) is 5.38. The van der Waals surface area contributed by atoms with Crippen LogP contribution in [0.5, 0.6) is 0 Å². The van der Waals surface area contributed by atoms with Crippen LogP contribution < -0.4 is 10.6 Å². The van der Waals surface area contributed by atoms with Crippen molar-refractivity contribution in [1.82, 2.24) is 5.32 Å². The molecular formula is C15H23FN2O3. The van der Waals surface area contributed by atoms with Gasteiger partial charge in [-0.1, -0.05) is 13.8 Å². The fraction of sp³-hybridized carbons (Fsp3) is 0.533. The molecule has 0 fully saturated rings. The number of hydrogen-bond donors (Lipinski definition) is 3. The first-order chi connectivity index (χ1) is 9.88. The van der Waals surface area contributed by atoms with Crippen LogP contribution in [-0.4, -0.2) is 37.0 Å². The number of benzene rings is 1. The monoisotopic (exact) mass is 298 g/mol. The van der Waals surface area contributed by atoms with Crippen LogP contribution in [0.4, 0.5) is 14.9 Å². The van der Waals surface area contributed by atoms with Gasteiger partial charge in [-0.05, 0) is 36.6 Å². The maximum absolute atomic E-state index is 13.1. The van der Waals surface area contributed by atoms with Gasteiger partial charge in [0.1, 0.15) is 5.82 Å². The molecule has 0 aliphatic heterocycles. The molecule has 0 aliphatic carbocycles. The summed E-state index contributed by atoms with van der Waals surface area (Å²) in [6.07, 6.45) is -0.760. The highest BCUT2D eigenvalue weighted by molar-refractivity contribution is 5.89.